The first-order valence-electron chi connectivity index (χ1n) is 9.73. The molecule has 3 aromatic rings. The minimum absolute atomic E-state index is 0.0591. The van der Waals surface area contributed by atoms with Crippen LogP contribution in [-0.2, 0) is 20.8 Å². The van der Waals surface area contributed by atoms with Gasteiger partial charge in [-0.1, -0.05) is 23.5 Å². The van der Waals surface area contributed by atoms with Crippen molar-refractivity contribution in [2.75, 3.05) is 20.3 Å². The first kappa shape index (κ1) is 23.0. The summed E-state index contributed by atoms with van der Waals surface area (Å²) in [7, 11) is 1.32. The average molecular weight is 455 g/mol. The number of esters is 1. The maximum atomic E-state index is 12.5. The van der Waals surface area contributed by atoms with Crippen molar-refractivity contribution in [3.8, 4) is 0 Å². The maximum Gasteiger partial charge on any atom is 0.337 e. The first-order valence-corrected chi connectivity index (χ1v) is 10.5. The Kier molecular flexibility index (Phi) is 7.63. The Hall–Kier alpha value is -3.63. The standard InChI is InChI=1S/C22H21N3O6S/c1-3-31-12-11-24-18-9-8-16(21(27)30-2)14-19(18)32-22(24)23-20(26)10-7-15-5-4-6-17(13-15)25(28)29/h4-10,13-14H,3,11-12H2,1-2H3. The summed E-state index contributed by atoms with van der Waals surface area (Å²) in [5.41, 5.74) is 1.68. The van der Waals surface area contributed by atoms with Gasteiger partial charge < -0.3 is 14.0 Å². The highest BCUT2D eigenvalue weighted by molar-refractivity contribution is 7.16. The summed E-state index contributed by atoms with van der Waals surface area (Å²) in [6.45, 7) is 3.37. The predicted octanol–water partition coefficient (Wildman–Crippen LogP) is 3.57. The van der Waals surface area contributed by atoms with Crippen molar-refractivity contribution in [2.45, 2.75) is 13.5 Å². The molecule has 3 rings (SSSR count). The molecule has 0 fully saturated rings. The van der Waals surface area contributed by atoms with Crippen LogP contribution in [0.15, 0.2) is 53.5 Å². The smallest absolute Gasteiger partial charge is 0.337 e. The summed E-state index contributed by atoms with van der Waals surface area (Å²) >= 11 is 1.27. The van der Waals surface area contributed by atoms with E-state index in [-0.39, 0.29) is 5.69 Å². The SMILES string of the molecule is CCOCCn1c(=NC(=O)C=Cc2cccc([N+](=O)[O-])c2)sc2cc(C(=O)OC)ccc21. The lowest BCUT2D eigenvalue weighted by Crippen LogP contribution is -2.19. The third-order valence-corrected chi connectivity index (χ3v) is 5.51. The van der Waals surface area contributed by atoms with E-state index in [9.17, 15) is 19.7 Å². The molecule has 0 saturated carbocycles. The monoisotopic (exact) mass is 455 g/mol. The zero-order valence-electron chi connectivity index (χ0n) is 17.5. The van der Waals surface area contributed by atoms with Crippen LogP contribution in [0, 0.1) is 10.1 Å². The van der Waals surface area contributed by atoms with Crippen molar-refractivity contribution in [3.63, 3.8) is 0 Å². The first-order chi connectivity index (χ1) is 15.4. The number of benzene rings is 2. The molecule has 0 N–H and O–H groups in total. The van der Waals surface area contributed by atoms with E-state index in [1.54, 1.807) is 30.3 Å². The predicted molar refractivity (Wildman–Crippen MR) is 120 cm³/mol. The third-order valence-electron chi connectivity index (χ3n) is 4.47. The fraction of sp³-hybridized carbons (Fsp3) is 0.227. The molecule has 0 saturated heterocycles. The summed E-state index contributed by atoms with van der Waals surface area (Å²) in [6, 6.07) is 11.1. The van der Waals surface area contributed by atoms with Gasteiger partial charge in [0, 0.05) is 31.4 Å². The van der Waals surface area contributed by atoms with E-state index in [1.165, 1.54) is 42.7 Å². The van der Waals surface area contributed by atoms with E-state index in [2.05, 4.69) is 4.99 Å². The molecule has 0 unspecified atom stereocenters. The number of hydrogen-bond acceptors (Lipinski definition) is 7. The Balaban J connectivity index is 1.96. The summed E-state index contributed by atoms with van der Waals surface area (Å²) in [5.74, 6) is -0.961. The number of hydrogen-bond donors (Lipinski definition) is 0. The van der Waals surface area contributed by atoms with Crippen LogP contribution in [0.5, 0.6) is 0 Å². The zero-order chi connectivity index (χ0) is 23.1. The fourth-order valence-electron chi connectivity index (χ4n) is 2.96. The quantitative estimate of drug-likeness (QED) is 0.169. The molecule has 0 radical (unpaired) electrons. The van der Waals surface area contributed by atoms with Gasteiger partial charge in [-0.2, -0.15) is 4.99 Å². The second-order valence-electron chi connectivity index (χ2n) is 6.54. The second kappa shape index (κ2) is 10.6. The largest absolute Gasteiger partial charge is 0.465 e. The van der Waals surface area contributed by atoms with Crippen molar-refractivity contribution in [2.24, 2.45) is 4.99 Å². The van der Waals surface area contributed by atoms with Gasteiger partial charge in [0.15, 0.2) is 4.80 Å². The molecule has 0 aliphatic heterocycles. The number of carbonyl (C=O) groups is 2. The van der Waals surface area contributed by atoms with E-state index in [4.69, 9.17) is 9.47 Å². The Morgan fingerprint density at radius 1 is 1.25 bits per heavy atom. The minimum atomic E-state index is -0.513. The molecule has 0 bridgehead atoms. The Morgan fingerprint density at radius 2 is 2.06 bits per heavy atom. The number of ether oxygens (including phenoxy) is 2. The van der Waals surface area contributed by atoms with Crippen LogP contribution in [0.3, 0.4) is 0 Å². The van der Waals surface area contributed by atoms with Crippen molar-refractivity contribution >= 4 is 45.2 Å². The van der Waals surface area contributed by atoms with Crippen molar-refractivity contribution in [3.05, 3.63) is 74.6 Å². The van der Waals surface area contributed by atoms with Crippen molar-refractivity contribution < 1.29 is 24.0 Å². The number of fused-ring (bicyclic) bond motifs is 1. The van der Waals surface area contributed by atoms with Crippen LogP contribution in [-0.4, -0.2) is 41.7 Å². The third kappa shape index (κ3) is 5.54. The molecule has 0 aliphatic rings. The Labute approximate surface area is 187 Å². The summed E-state index contributed by atoms with van der Waals surface area (Å²) in [6.07, 6.45) is 2.74. The van der Waals surface area contributed by atoms with Crippen LogP contribution < -0.4 is 4.80 Å². The van der Waals surface area contributed by atoms with E-state index in [1.807, 2.05) is 11.5 Å². The molecule has 0 spiro atoms. The Morgan fingerprint density at radius 3 is 2.78 bits per heavy atom. The van der Waals surface area contributed by atoms with E-state index < -0.39 is 16.8 Å². The fourth-order valence-corrected chi connectivity index (χ4v) is 4.06. The van der Waals surface area contributed by atoms with Gasteiger partial charge in [-0.05, 0) is 36.8 Å². The number of nitro groups is 1. The number of aromatic nitrogens is 1. The molecule has 1 amide bonds. The van der Waals surface area contributed by atoms with Gasteiger partial charge in [0.2, 0.25) is 0 Å². The topological polar surface area (TPSA) is 113 Å². The number of methoxy groups -OCH3 is 1. The number of thiazole rings is 1. The average Bonchev–Trinajstić information content (AvgIpc) is 3.13. The normalized spacial score (nSPS) is 11.9. The molecule has 0 atom stereocenters. The minimum Gasteiger partial charge on any atom is -0.465 e. The summed E-state index contributed by atoms with van der Waals surface area (Å²) in [4.78, 5) is 39.4. The van der Waals surface area contributed by atoms with Gasteiger partial charge in [-0.25, -0.2) is 4.79 Å². The molecular formula is C22H21N3O6S. The molecule has 10 heteroatoms. The second-order valence-corrected chi connectivity index (χ2v) is 7.55. The molecule has 0 aliphatic carbocycles. The summed E-state index contributed by atoms with van der Waals surface area (Å²) < 4.78 is 12.9. The van der Waals surface area contributed by atoms with Crippen LogP contribution in [0.25, 0.3) is 16.3 Å². The van der Waals surface area contributed by atoms with E-state index in [0.29, 0.717) is 35.7 Å². The number of nitrogens with zero attached hydrogens (tertiary/aromatic N) is 3. The van der Waals surface area contributed by atoms with Gasteiger partial charge >= 0.3 is 5.97 Å². The van der Waals surface area contributed by atoms with Crippen LogP contribution >= 0.6 is 11.3 Å². The van der Waals surface area contributed by atoms with E-state index >= 15 is 0 Å². The summed E-state index contributed by atoms with van der Waals surface area (Å²) in [5, 5.41) is 10.9. The van der Waals surface area contributed by atoms with Gasteiger partial charge in [-0.15, -0.1) is 0 Å². The van der Waals surface area contributed by atoms with Gasteiger partial charge in [-0.3, -0.25) is 14.9 Å². The highest BCUT2D eigenvalue weighted by Gasteiger charge is 2.12. The van der Waals surface area contributed by atoms with E-state index in [0.717, 1.165) is 10.2 Å². The van der Waals surface area contributed by atoms with Crippen molar-refractivity contribution in [1.82, 2.24) is 4.57 Å². The number of carbonyl (C=O) groups excluding carboxylic acids is 2. The van der Waals surface area contributed by atoms with Crippen LogP contribution in [0.4, 0.5) is 5.69 Å². The number of nitro benzene ring substituents is 1. The van der Waals surface area contributed by atoms with Crippen LogP contribution in [0.2, 0.25) is 0 Å². The van der Waals surface area contributed by atoms with Gasteiger partial charge in [0.05, 0.1) is 34.4 Å². The van der Waals surface area contributed by atoms with Crippen molar-refractivity contribution in [1.29, 1.82) is 0 Å². The lowest BCUT2D eigenvalue weighted by Gasteiger charge is -2.05. The van der Waals surface area contributed by atoms with Crippen LogP contribution in [0.1, 0.15) is 22.8 Å². The molecule has 32 heavy (non-hydrogen) atoms. The zero-order valence-corrected chi connectivity index (χ0v) is 18.3. The molecule has 166 valence electrons. The molecule has 9 nitrogen and oxygen atoms in total. The lowest BCUT2D eigenvalue weighted by molar-refractivity contribution is -0.384. The van der Waals surface area contributed by atoms with Gasteiger partial charge in [0.1, 0.15) is 0 Å². The number of rotatable bonds is 8. The lowest BCUT2D eigenvalue weighted by atomic mass is 10.2. The van der Waals surface area contributed by atoms with Gasteiger partial charge in [0.25, 0.3) is 11.6 Å². The molecule has 1 heterocycles. The Bertz CT molecular complexity index is 1260. The maximum absolute atomic E-state index is 12.5. The number of non-ortho nitro benzene ring substituents is 1. The molecule has 2 aromatic carbocycles. The highest BCUT2D eigenvalue weighted by atomic mass is 32.1. The molecule has 1 aromatic heterocycles. The number of amides is 1. The molecular weight excluding hydrogens is 434 g/mol. The highest BCUT2D eigenvalue weighted by Crippen LogP contribution is 2.20.